The van der Waals surface area contributed by atoms with Gasteiger partial charge in [-0.1, -0.05) is 28.1 Å². The molecule has 2 nitrogen and oxygen atoms in total. The van der Waals surface area contributed by atoms with Crippen molar-refractivity contribution in [3.05, 3.63) is 45.7 Å². The third-order valence-corrected chi connectivity index (χ3v) is 3.72. The van der Waals surface area contributed by atoms with E-state index in [1.165, 1.54) is 11.3 Å². The van der Waals surface area contributed by atoms with E-state index >= 15 is 0 Å². The number of benzene rings is 1. The summed E-state index contributed by atoms with van der Waals surface area (Å²) in [6.45, 7) is 0. The smallest absolute Gasteiger partial charge is 0.308 e. The molecule has 0 radical (unpaired) electrons. The zero-order valence-corrected chi connectivity index (χ0v) is 10.7. The van der Waals surface area contributed by atoms with E-state index in [9.17, 15) is 4.79 Å². The van der Waals surface area contributed by atoms with Crippen LogP contribution in [0.4, 0.5) is 0 Å². The Hall–Kier alpha value is -1.13. The van der Waals surface area contributed by atoms with Crippen LogP contribution in [-0.4, -0.2) is 11.1 Å². The quantitative estimate of drug-likeness (QED) is 0.935. The first-order valence-electron chi connectivity index (χ1n) is 4.71. The van der Waals surface area contributed by atoms with Crippen LogP contribution >= 0.6 is 27.3 Å². The third-order valence-electron chi connectivity index (χ3n) is 2.10. The maximum absolute atomic E-state index is 10.6. The molecule has 0 saturated carbocycles. The Kier molecular flexibility index (Phi) is 3.41. The molecule has 0 unspecified atom stereocenters. The maximum atomic E-state index is 10.6. The highest BCUT2D eigenvalue weighted by Crippen LogP contribution is 2.29. The predicted octanol–water partition coefficient (Wildman–Crippen LogP) is 3.80. The molecular weight excluding hydrogens is 288 g/mol. The van der Waals surface area contributed by atoms with Gasteiger partial charge in [-0.15, -0.1) is 11.3 Å². The SMILES string of the molecule is O=C(O)Cc1ccc(-c2cccc(Br)c2)s1. The van der Waals surface area contributed by atoms with E-state index in [-0.39, 0.29) is 6.42 Å². The summed E-state index contributed by atoms with van der Waals surface area (Å²) in [5.41, 5.74) is 1.11. The number of halogens is 1. The Bertz CT molecular complexity index is 519. The topological polar surface area (TPSA) is 37.3 Å². The molecule has 0 aliphatic carbocycles. The summed E-state index contributed by atoms with van der Waals surface area (Å²) in [6.07, 6.45) is 0.0959. The van der Waals surface area contributed by atoms with Gasteiger partial charge in [0.25, 0.3) is 0 Å². The lowest BCUT2D eigenvalue weighted by atomic mass is 10.2. The molecule has 0 spiro atoms. The fraction of sp³-hybridized carbons (Fsp3) is 0.0833. The van der Waals surface area contributed by atoms with Crippen molar-refractivity contribution in [1.29, 1.82) is 0 Å². The number of aliphatic carboxylic acids is 1. The van der Waals surface area contributed by atoms with Crippen LogP contribution in [0.1, 0.15) is 4.88 Å². The van der Waals surface area contributed by atoms with Gasteiger partial charge in [0.1, 0.15) is 0 Å². The minimum atomic E-state index is -0.789. The van der Waals surface area contributed by atoms with Crippen molar-refractivity contribution in [3.8, 4) is 10.4 Å². The lowest BCUT2D eigenvalue weighted by molar-refractivity contribution is -0.136. The number of carboxylic acids is 1. The molecule has 0 amide bonds. The van der Waals surface area contributed by atoms with Crippen LogP contribution in [0.15, 0.2) is 40.9 Å². The van der Waals surface area contributed by atoms with Gasteiger partial charge in [-0.3, -0.25) is 4.79 Å². The summed E-state index contributed by atoms with van der Waals surface area (Å²) < 4.78 is 1.03. The van der Waals surface area contributed by atoms with Gasteiger partial charge in [-0.2, -0.15) is 0 Å². The van der Waals surface area contributed by atoms with Crippen molar-refractivity contribution >= 4 is 33.2 Å². The summed E-state index contributed by atoms with van der Waals surface area (Å²) in [5.74, 6) is -0.789. The van der Waals surface area contributed by atoms with Crippen LogP contribution in [0, 0.1) is 0 Å². The van der Waals surface area contributed by atoms with Crippen LogP contribution in [0.3, 0.4) is 0 Å². The molecule has 16 heavy (non-hydrogen) atoms. The average Bonchev–Trinajstić information content (AvgIpc) is 2.65. The summed E-state index contributed by atoms with van der Waals surface area (Å²) >= 11 is 4.94. The van der Waals surface area contributed by atoms with Gasteiger partial charge >= 0.3 is 5.97 Å². The molecule has 1 aromatic heterocycles. The Labute approximate surface area is 106 Å². The van der Waals surface area contributed by atoms with E-state index < -0.39 is 5.97 Å². The highest BCUT2D eigenvalue weighted by atomic mass is 79.9. The zero-order chi connectivity index (χ0) is 11.5. The van der Waals surface area contributed by atoms with Gasteiger partial charge < -0.3 is 5.11 Å². The number of carboxylic acid groups (broad SMARTS) is 1. The fourth-order valence-corrected chi connectivity index (χ4v) is 2.81. The minimum absolute atomic E-state index is 0.0959. The summed E-state index contributed by atoms with van der Waals surface area (Å²) in [4.78, 5) is 12.5. The fourth-order valence-electron chi connectivity index (χ4n) is 1.42. The van der Waals surface area contributed by atoms with Gasteiger partial charge in [-0.05, 0) is 29.8 Å². The normalized spacial score (nSPS) is 10.3. The molecule has 1 N–H and O–H groups in total. The average molecular weight is 297 g/mol. The first-order valence-corrected chi connectivity index (χ1v) is 6.32. The molecule has 1 aromatic carbocycles. The van der Waals surface area contributed by atoms with Crippen molar-refractivity contribution in [2.75, 3.05) is 0 Å². The van der Waals surface area contributed by atoms with Crippen LogP contribution in [0.5, 0.6) is 0 Å². The van der Waals surface area contributed by atoms with E-state index in [4.69, 9.17) is 5.11 Å². The Balaban J connectivity index is 2.28. The lowest BCUT2D eigenvalue weighted by Gasteiger charge is -1.97. The Morgan fingerprint density at radius 2 is 2.12 bits per heavy atom. The second-order valence-corrected chi connectivity index (χ2v) is 5.43. The minimum Gasteiger partial charge on any atom is -0.481 e. The van der Waals surface area contributed by atoms with E-state index in [1.807, 2.05) is 36.4 Å². The van der Waals surface area contributed by atoms with Crippen molar-refractivity contribution in [2.45, 2.75) is 6.42 Å². The number of hydrogen-bond donors (Lipinski definition) is 1. The van der Waals surface area contributed by atoms with Gasteiger partial charge in [0.2, 0.25) is 0 Å². The second kappa shape index (κ2) is 4.80. The van der Waals surface area contributed by atoms with Crippen LogP contribution in [0.2, 0.25) is 0 Å². The Morgan fingerprint density at radius 3 is 2.81 bits per heavy atom. The van der Waals surface area contributed by atoms with Crippen molar-refractivity contribution in [3.63, 3.8) is 0 Å². The Morgan fingerprint density at radius 1 is 1.31 bits per heavy atom. The van der Waals surface area contributed by atoms with Gasteiger partial charge in [0.15, 0.2) is 0 Å². The highest BCUT2D eigenvalue weighted by molar-refractivity contribution is 9.10. The molecule has 0 aliphatic heterocycles. The number of rotatable bonds is 3. The first-order chi connectivity index (χ1) is 7.65. The number of hydrogen-bond acceptors (Lipinski definition) is 2. The molecule has 2 rings (SSSR count). The molecule has 0 saturated heterocycles. The van der Waals surface area contributed by atoms with E-state index in [0.29, 0.717) is 0 Å². The zero-order valence-electron chi connectivity index (χ0n) is 8.31. The van der Waals surface area contributed by atoms with E-state index in [2.05, 4.69) is 15.9 Å². The first kappa shape index (κ1) is 11.4. The number of carbonyl (C=O) groups is 1. The van der Waals surface area contributed by atoms with E-state index in [1.54, 1.807) is 0 Å². The molecule has 2 aromatic rings. The van der Waals surface area contributed by atoms with Gasteiger partial charge in [-0.25, -0.2) is 0 Å². The second-order valence-electron chi connectivity index (χ2n) is 3.35. The van der Waals surface area contributed by atoms with Crippen molar-refractivity contribution in [1.82, 2.24) is 0 Å². The van der Waals surface area contributed by atoms with Crippen LogP contribution in [0.25, 0.3) is 10.4 Å². The van der Waals surface area contributed by atoms with Gasteiger partial charge in [0.05, 0.1) is 6.42 Å². The molecule has 0 bridgehead atoms. The summed E-state index contributed by atoms with van der Waals surface area (Å²) in [5, 5.41) is 8.69. The highest BCUT2D eigenvalue weighted by Gasteiger charge is 2.06. The molecular formula is C12H9BrO2S. The molecule has 0 atom stereocenters. The molecule has 0 fully saturated rings. The number of thiophene rings is 1. The molecule has 0 aliphatic rings. The molecule has 1 heterocycles. The van der Waals surface area contributed by atoms with Gasteiger partial charge in [0, 0.05) is 14.2 Å². The van der Waals surface area contributed by atoms with Crippen LogP contribution in [-0.2, 0) is 11.2 Å². The third kappa shape index (κ3) is 2.71. The molecule has 4 heteroatoms. The monoisotopic (exact) mass is 296 g/mol. The summed E-state index contributed by atoms with van der Waals surface area (Å²) in [7, 11) is 0. The van der Waals surface area contributed by atoms with Crippen molar-refractivity contribution < 1.29 is 9.90 Å². The predicted molar refractivity (Wildman–Crippen MR) is 68.8 cm³/mol. The standard InChI is InChI=1S/C12H9BrO2S/c13-9-3-1-2-8(6-9)11-5-4-10(16-11)7-12(14)15/h1-6H,7H2,(H,14,15). The molecule has 82 valence electrons. The van der Waals surface area contributed by atoms with Crippen LogP contribution < -0.4 is 0 Å². The van der Waals surface area contributed by atoms with E-state index in [0.717, 1.165) is 19.8 Å². The lowest BCUT2D eigenvalue weighted by Crippen LogP contribution is -1.96. The van der Waals surface area contributed by atoms with Crippen molar-refractivity contribution in [2.24, 2.45) is 0 Å². The largest absolute Gasteiger partial charge is 0.481 e. The maximum Gasteiger partial charge on any atom is 0.308 e. The summed E-state index contributed by atoms with van der Waals surface area (Å²) in [6, 6.07) is 11.8.